The van der Waals surface area contributed by atoms with Crippen molar-refractivity contribution >= 4 is 23.7 Å². The number of nitrogens with one attached hydrogen (secondary N) is 2. The van der Waals surface area contributed by atoms with Gasteiger partial charge in [0, 0.05) is 12.8 Å². The maximum absolute atomic E-state index is 11.8. The lowest BCUT2D eigenvalue weighted by molar-refractivity contribution is -0.141. The molecule has 0 bridgehead atoms. The second-order valence-corrected chi connectivity index (χ2v) is 5.33. The first-order valence-electron chi connectivity index (χ1n) is 7.12. The van der Waals surface area contributed by atoms with Crippen LogP contribution < -0.4 is 10.6 Å². The number of anilines is 1. The van der Waals surface area contributed by atoms with Crippen LogP contribution in [0.15, 0.2) is 30.3 Å². The number of carbonyl (C=O) groups excluding carboxylic acids is 1. The third kappa shape index (κ3) is 3.81. The molecule has 4 N–H and O–H groups in total. The number of methoxy groups -OCH3 is 1. The Balaban J connectivity index is 2.00. The first-order valence-corrected chi connectivity index (χ1v) is 7.12. The summed E-state index contributed by atoms with van der Waals surface area (Å²) in [6.45, 7) is -0.818. The van der Waals surface area contributed by atoms with Gasteiger partial charge >= 0.3 is 18.0 Å². The third-order valence-corrected chi connectivity index (χ3v) is 3.81. The molecular weight excluding hydrogens is 320 g/mol. The van der Waals surface area contributed by atoms with E-state index in [9.17, 15) is 19.5 Å². The van der Waals surface area contributed by atoms with Crippen LogP contribution in [0.4, 0.5) is 10.5 Å². The number of aliphatic carboxylic acids is 2. The lowest BCUT2D eigenvalue weighted by Crippen LogP contribution is -2.45. The van der Waals surface area contributed by atoms with Crippen molar-refractivity contribution in [1.29, 1.82) is 0 Å². The Morgan fingerprint density at radius 2 is 1.88 bits per heavy atom. The van der Waals surface area contributed by atoms with Crippen LogP contribution in [-0.4, -0.2) is 60.1 Å². The largest absolute Gasteiger partial charge is 0.481 e. The van der Waals surface area contributed by atoms with Crippen LogP contribution in [0.5, 0.6) is 0 Å². The van der Waals surface area contributed by atoms with Crippen molar-refractivity contribution in [2.75, 3.05) is 25.6 Å². The second kappa shape index (κ2) is 7.28. The number of carboxylic acid groups (broad SMARTS) is 2. The summed E-state index contributed by atoms with van der Waals surface area (Å²) < 4.78 is 10.2. The van der Waals surface area contributed by atoms with Gasteiger partial charge in [-0.1, -0.05) is 18.2 Å². The predicted molar refractivity (Wildman–Crippen MR) is 81.7 cm³/mol. The lowest BCUT2D eigenvalue weighted by Gasteiger charge is -2.18. The molecule has 3 unspecified atom stereocenters. The fourth-order valence-corrected chi connectivity index (χ4v) is 2.64. The quantitative estimate of drug-likeness (QED) is 0.534. The van der Waals surface area contributed by atoms with Crippen molar-refractivity contribution in [3.63, 3.8) is 0 Å². The van der Waals surface area contributed by atoms with Crippen LogP contribution in [0.1, 0.15) is 0 Å². The molecule has 2 rings (SSSR count). The molecule has 1 amide bonds. The van der Waals surface area contributed by atoms with Gasteiger partial charge in [0.05, 0.1) is 18.2 Å². The number of para-hydroxylation sites is 1. The summed E-state index contributed by atoms with van der Waals surface area (Å²) in [5.41, 5.74) is -0.753. The minimum atomic E-state index is -1.27. The van der Waals surface area contributed by atoms with E-state index in [0.29, 0.717) is 5.69 Å². The van der Waals surface area contributed by atoms with E-state index in [1.807, 2.05) is 0 Å². The van der Waals surface area contributed by atoms with Crippen LogP contribution in [-0.2, 0) is 19.1 Å². The van der Waals surface area contributed by atoms with E-state index in [2.05, 4.69) is 10.6 Å². The summed E-state index contributed by atoms with van der Waals surface area (Å²) in [5.74, 6) is -3.33. The fourth-order valence-electron chi connectivity index (χ4n) is 2.64. The Hall–Kier alpha value is -2.65. The number of carbonyl (C=O) groups is 3. The number of hydrogen-bond acceptors (Lipinski definition) is 6. The zero-order valence-electron chi connectivity index (χ0n) is 12.9. The van der Waals surface area contributed by atoms with Crippen LogP contribution in [0, 0.1) is 5.92 Å². The van der Waals surface area contributed by atoms with Gasteiger partial charge in [-0.25, -0.2) is 4.79 Å². The highest BCUT2D eigenvalue weighted by atomic mass is 16.6. The molecule has 130 valence electrons. The Bertz CT molecular complexity index is 622. The Morgan fingerprint density at radius 3 is 2.38 bits per heavy atom. The maximum Gasteiger partial charge on any atom is 0.411 e. The standard InChI is InChI=1S/C15H18N2O7/c1-23-12-11(13(20)21)15(12,16-7-10(18)19)8-24-14(22)17-9-5-3-2-4-6-9/h2-6,11-12,16H,7-8H2,1H3,(H,17,22)(H,18,19)(H,20,21). The average molecular weight is 338 g/mol. The van der Waals surface area contributed by atoms with Gasteiger partial charge in [-0.2, -0.15) is 0 Å². The number of carboxylic acids is 2. The molecular formula is C15H18N2O7. The molecule has 0 saturated heterocycles. The predicted octanol–water partition coefficient (Wildman–Crippen LogP) is 0.378. The molecule has 9 heteroatoms. The number of hydrogen-bond donors (Lipinski definition) is 4. The minimum absolute atomic E-state index is 0.339. The monoisotopic (exact) mass is 338 g/mol. The molecule has 0 spiro atoms. The molecule has 0 aliphatic heterocycles. The molecule has 0 aromatic heterocycles. The summed E-state index contributed by atoms with van der Waals surface area (Å²) in [5, 5.41) is 23.1. The van der Waals surface area contributed by atoms with Crippen molar-refractivity contribution in [2.24, 2.45) is 5.92 Å². The lowest BCUT2D eigenvalue weighted by atomic mass is 10.2. The van der Waals surface area contributed by atoms with E-state index < -0.39 is 42.1 Å². The van der Waals surface area contributed by atoms with E-state index in [-0.39, 0.29) is 6.61 Å². The molecule has 9 nitrogen and oxygen atoms in total. The Morgan fingerprint density at radius 1 is 1.21 bits per heavy atom. The number of benzene rings is 1. The van der Waals surface area contributed by atoms with Gasteiger partial charge in [-0.3, -0.25) is 20.2 Å². The van der Waals surface area contributed by atoms with Gasteiger partial charge in [0.1, 0.15) is 12.5 Å². The Labute approximate surface area is 137 Å². The molecule has 1 aliphatic rings. The number of rotatable bonds is 8. The first kappa shape index (κ1) is 17.7. The summed E-state index contributed by atoms with van der Waals surface area (Å²) >= 11 is 0. The van der Waals surface area contributed by atoms with Gasteiger partial charge in [0.25, 0.3) is 0 Å². The molecule has 1 fully saturated rings. The first-order chi connectivity index (χ1) is 11.4. The minimum Gasteiger partial charge on any atom is -0.481 e. The van der Waals surface area contributed by atoms with Crippen LogP contribution in [0.3, 0.4) is 0 Å². The zero-order chi connectivity index (χ0) is 17.7. The SMILES string of the molecule is COC1C(C(=O)O)C1(COC(=O)Nc1ccccc1)NCC(=O)O. The molecule has 3 atom stereocenters. The maximum atomic E-state index is 11.8. The molecule has 1 aromatic rings. The van der Waals surface area contributed by atoms with Crippen molar-refractivity contribution in [3.8, 4) is 0 Å². The summed E-state index contributed by atoms with van der Waals surface area (Å²) in [4.78, 5) is 33.9. The normalized spacial score (nSPS) is 24.9. The average Bonchev–Trinajstić information content (AvgIpc) is 3.20. The van der Waals surface area contributed by atoms with E-state index >= 15 is 0 Å². The highest BCUT2D eigenvalue weighted by Crippen LogP contribution is 2.46. The van der Waals surface area contributed by atoms with Gasteiger partial charge in [-0.15, -0.1) is 0 Å². The summed E-state index contributed by atoms with van der Waals surface area (Å²) in [7, 11) is 1.31. The number of amides is 1. The van der Waals surface area contributed by atoms with Gasteiger partial charge in [0.2, 0.25) is 0 Å². The van der Waals surface area contributed by atoms with Crippen LogP contribution in [0.25, 0.3) is 0 Å². The molecule has 1 saturated carbocycles. The van der Waals surface area contributed by atoms with E-state index in [1.165, 1.54) is 7.11 Å². The van der Waals surface area contributed by atoms with Gasteiger partial charge in [-0.05, 0) is 12.1 Å². The van der Waals surface area contributed by atoms with Crippen LogP contribution >= 0.6 is 0 Å². The fraction of sp³-hybridized carbons (Fsp3) is 0.400. The zero-order valence-corrected chi connectivity index (χ0v) is 12.9. The molecule has 24 heavy (non-hydrogen) atoms. The van der Waals surface area contributed by atoms with Crippen molar-refractivity contribution in [3.05, 3.63) is 30.3 Å². The van der Waals surface area contributed by atoms with Crippen molar-refractivity contribution in [2.45, 2.75) is 11.6 Å². The van der Waals surface area contributed by atoms with E-state index in [1.54, 1.807) is 30.3 Å². The Kier molecular flexibility index (Phi) is 5.37. The smallest absolute Gasteiger partial charge is 0.411 e. The summed E-state index contributed by atoms with van der Waals surface area (Å²) in [6.07, 6.45) is -1.57. The second-order valence-electron chi connectivity index (χ2n) is 5.33. The molecule has 1 aromatic carbocycles. The van der Waals surface area contributed by atoms with E-state index in [4.69, 9.17) is 14.6 Å². The molecule has 1 aliphatic carbocycles. The highest BCUT2D eigenvalue weighted by Gasteiger charge is 2.70. The van der Waals surface area contributed by atoms with Crippen molar-refractivity contribution in [1.82, 2.24) is 5.32 Å². The molecule has 0 heterocycles. The summed E-state index contributed by atoms with van der Waals surface area (Å²) in [6, 6.07) is 8.57. The number of ether oxygens (including phenoxy) is 2. The van der Waals surface area contributed by atoms with Crippen LogP contribution in [0.2, 0.25) is 0 Å². The highest BCUT2D eigenvalue weighted by molar-refractivity contribution is 5.85. The van der Waals surface area contributed by atoms with E-state index in [0.717, 1.165) is 0 Å². The van der Waals surface area contributed by atoms with Gasteiger partial charge < -0.3 is 19.7 Å². The topological polar surface area (TPSA) is 134 Å². The molecule has 0 radical (unpaired) electrons. The van der Waals surface area contributed by atoms with Gasteiger partial charge in [0.15, 0.2) is 0 Å². The third-order valence-electron chi connectivity index (χ3n) is 3.81. The van der Waals surface area contributed by atoms with Crippen molar-refractivity contribution < 1.29 is 34.1 Å².